The summed E-state index contributed by atoms with van der Waals surface area (Å²) in [5, 5.41) is 6.14. The molecule has 0 bridgehead atoms. The van der Waals surface area contributed by atoms with E-state index in [1.165, 1.54) is 6.07 Å². The van der Waals surface area contributed by atoms with E-state index in [1.54, 1.807) is 6.07 Å². The topological polar surface area (TPSA) is 44.4 Å². The molecule has 1 aromatic carbocycles. The molecule has 0 spiro atoms. The van der Waals surface area contributed by atoms with E-state index in [-0.39, 0.29) is 23.8 Å². The predicted molar refractivity (Wildman–Crippen MR) is 82.9 cm³/mol. The second-order valence-corrected chi connectivity index (χ2v) is 5.36. The van der Waals surface area contributed by atoms with E-state index in [1.807, 2.05) is 31.7 Å². The third-order valence-electron chi connectivity index (χ3n) is 4.00. The van der Waals surface area contributed by atoms with E-state index in [0.29, 0.717) is 25.1 Å². The Morgan fingerprint density at radius 2 is 2.24 bits per heavy atom. The number of halogens is 1. The monoisotopic (exact) mass is 293 g/mol. The van der Waals surface area contributed by atoms with Crippen molar-refractivity contribution in [1.29, 1.82) is 0 Å². The van der Waals surface area contributed by atoms with Crippen LogP contribution in [0.2, 0.25) is 0 Å². The Morgan fingerprint density at radius 3 is 2.90 bits per heavy atom. The molecule has 1 aliphatic heterocycles. The average Bonchev–Trinajstić information content (AvgIpc) is 2.46. The van der Waals surface area contributed by atoms with Crippen LogP contribution in [-0.2, 0) is 4.79 Å². The summed E-state index contributed by atoms with van der Waals surface area (Å²) < 4.78 is 14.3. The van der Waals surface area contributed by atoms with Gasteiger partial charge >= 0.3 is 0 Å². The molecule has 1 aliphatic rings. The first kappa shape index (κ1) is 15.8. The van der Waals surface area contributed by atoms with E-state index >= 15 is 0 Å². The molecule has 1 saturated heterocycles. The molecule has 1 fully saturated rings. The zero-order valence-electron chi connectivity index (χ0n) is 12.9. The summed E-state index contributed by atoms with van der Waals surface area (Å²) in [6, 6.07) is 4.79. The molecule has 5 heteroatoms. The number of amides is 1. The van der Waals surface area contributed by atoms with Gasteiger partial charge in [0.1, 0.15) is 11.9 Å². The van der Waals surface area contributed by atoms with Gasteiger partial charge in [0.15, 0.2) is 0 Å². The van der Waals surface area contributed by atoms with E-state index < -0.39 is 0 Å². The number of carbonyl (C=O) groups is 1. The molecule has 2 rings (SSSR count). The van der Waals surface area contributed by atoms with Gasteiger partial charge in [-0.05, 0) is 32.0 Å². The summed E-state index contributed by atoms with van der Waals surface area (Å²) in [5.74, 6) is -0.197. The van der Waals surface area contributed by atoms with Crippen molar-refractivity contribution in [3.05, 3.63) is 29.6 Å². The molecule has 1 amide bonds. The van der Waals surface area contributed by atoms with Crippen molar-refractivity contribution in [2.24, 2.45) is 0 Å². The number of nitrogens with zero attached hydrogens (tertiary/aromatic N) is 1. The highest BCUT2D eigenvalue weighted by atomic mass is 19.1. The van der Waals surface area contributed by atoms with Gasteiger partial charge in [0.05, 0.1) is 0 Å². The Labute approximate surface area is 125 Å². The van der Waals surface area contributed by atoms with E-state index in [9.17, 15) is 9.18 Å². The summed E-state index contributed by atoms with van der Waals surface area (Å²) in [5.41, 5.74) is 1.47. The van der Waals surface area contributed by atoms with Crippen molar-refractivity contribution < 1.29 is 9.18 Å². The highest BCUT2D eigenvalue weighted by Crippen LogP contribution is 2.31. The molecule has 0 aliphatic carbocycles. The van der Waals surface area contributed by atoms with Gasteiger partial charge in [-0.1, -0.05) is 19.9 Å². The molecule has 4 nitrogen and oxygen atoms in total. The highest BCUT2D eigenvalue weighted by Gasteiger charge is 2.31. The SMILES string of the molecule is CCNC(C)c1c(F)cccc1N1CCNC(=O)C1CC. The van der Waals surface area contributed by atoms with Crippen molar-refractivity contribution >= 4 is 11.6 Å². The molecule has 116 valence electrons. The molecule has 0 aromatic heterocycles. The normalized spacial score (nSPS) is 20.3. The average molecular weight is 293 g/mol. The van der Waals surface area contributed by atoms with Crippen LogP contribution in [0.5, 0.6) is 0 Å². The maximum Gasteiger partial charge on any atom is 0.242 e. The quantitative estimate of drug-likeness (QED) is 0.875. The molecule has 21 heavy (non-hydrogen) atoms. The van der Waals surface area contributed by atoms with Crippen molar-refractivity contribution in [1.82, 2.24) is 10.6 Å². The molecule has 2 unspecified atom stereocenters. The first-order valence-electron chi connectivity index (χ1n) is 7.66. The minimum atomic E-state index is -0.229. The van der Waals surface area contributed by atoms with E-state index in [4.69, 9.17) is 0 Å². The molecule has 0 saturated carbocycles. The first-order chi connectivity index (χ1) is 10.1. The summed E-state index contributed by atoms with van der Waals surface area (Å²) in [4.78, 5) is 14.1. The minimum Gasteiger partial charge on any atom is -0.357 e. The minimum absolute atomic E-state index is 0.0232. The van der Waals surface area contributed by atoms with Crippen LogP contribution in [0.3, 0.4) is 0 Å². The Balaban J connectivity index is 2.42. The van der Waals surface area contributed by atoms with Crippen LogP contribution in [0.4, 0.5) is 10.1 Å². The van der Waals surface area contributed by atoms with Crippen molar-refractivity contribution in [2.75, 3.05) is 24.5 Å². The smallest absolute Gasteiger partial charge is 0.242 e. The second-order valence-electron chi connectivity index (χ2n) is 5.36. The van der Waals surface area contributed by atoms with E-state index in [0.717, 1.165) is 12.2 Å². The van der Waals surface area contributed by atoms with Crippen LogP contribution in [0.25, 0.3) is 0 Å². The van der Waals surface area contributed by atoms with Crippen molar-refractivity contribution in [2.45, 2.75) is 39.3 Å². The molecular formula is C16H24FN3O. The van der Waals surface area contributed by atoms with Crippen LogP contribution in [-0.4, -0.2) is 31.6 Å². The lowest BCUT2D eigenvalue weighted by Gasteiger charge is -2.38. The summed E-state index contributed by atoms with van der Waals surface area (Å²) in [7, 11) is 0. The number of benzene rings is 1. The van der Waals surface area contributed by atoms with Gasteiger partial charge in [0.2, 0.25) is 5.91 Å². The van der Waals surface area contributed by atoms with Gasteiger partial charge in [-0.3, -0.25) is 4.79 Å². The summed E-state index contributed by atoms with van der Waals surface area (Å²) in [6.45, 7) is 8.01. The Morgan fingerprint density at radius 1 is 1.48 bits per heavy atom. The van der Waals surface area contributed by atoms with Gasteiger partial charge < -0.3 is 15.5 Å². The van der Waals surface area contributed by atoms with Crippen LogP contribution in [0, 0.1) is 5.82 Å². The van der Waals surface area contributed by atoms with Crippen molar-refractivity contribution in [3.8, 4) is 0 Å². The zero-order chi connectivity index (χ0) is 15.4. The number of rotatable bonds is 5. The van der Waals surface area contributed by atoms with Crippen molar-refractivity contribution in [3.63, 3.8) is 0 Å². The van der Waals surface area contributed by atoms with E-state index in [2.05, 4.69) is 10.6 Å². The Kier molecular flexibility index (Phi) is 5.17. The Bertz CT molecular complexity index is 506. The van der Waals surface area contributed by atoms with Crippen LogP contribution < -0.4 is 15.5 Å². The summed E-state index contributed by atoms with van der Waals surface area (Å²) in [6.07, 6.45) is 0.706. The number of piperazine rings is 1. The van der Waals surface area contributed by atoms with Gasteiger partial charge in [-0.2, -0.15) is 0 Å². The number of hydrogen-bond donors (Lipinski definition) is 2. The maximum absolute atomic E-state index is 14.3. The number of carbonyl (C=O) groups excluding carboxylic acids is 1. The fourth-order valence-corrected chi connectivity index (χ4v) is 3.02. The van der Waals surface area contributed by atoms with Gasteiger partial charge in [0.25, 0.3) is 0 Å². The second kappa shape index (κ2) is 6.89. The lowest BCUT2D eigenvalue weighted by Crippen LogP contribution is -2.55. The lowest BCUT2D eigenvalue weighted by atomic mass is 10.0. The standard InChI is InChI=1S/C16H24FN3O/c1-4-13-16(21)19-9-10-20(13)14-8-6-7-12(17)15(14)11(3)18-5-2/h6-8,11,13,18H,4-5,9-10H2,1-3H3,(H,19,21). The van der Waals surface area contributed by atoms with Crippen LogP contribution >= 0.6 is 0 Å². The number of anilines is 1. The molecule has 1 aromatic rings. The molecule has 0 radical (unpaired) electrons. The third kappa shape index (κ3) is 3.18. The zero-order valence-corrected chi connectivity index (χ0v) is 12.9. The molecule has 2 atom stereocenters. The van der Waals surface area contributed by atoms with Gasteiger partial charge in [-0.15, -0.1) is 0 Å². The summed E-state index contributed by atoms with van der Waals surface area (Å²) >= 11 is 0. The largest absolute Gasteiger partial charge is 0.357 e. The Hall–Kier alpha value is -1.62. The third-order valence-corrected chi connectivity index (χ3v) is 4.00. The lowest BCUT2D eigenvalue weighted by molar-refractivity contribution is -0.123. The predicted octanol–water partition coefficient (Wildman–Crippen LogP) is 2.21. The molecular weight excluding hydrogens is 269 g/mol. The number of hydrogen-bond acceptors (Lipinski definition) is 3. The van der Waals surface area contributed by atoms with Crippen LogP contribution in [0.1, 0.15) is 38.8 Å². The highest BCUT2D eigenvalue weighted by molar-refractivity contribution is 5.86. The molecule has 1 heterocycles. The first-order valence-corrected chi connectivity index (χ1v) is 7.66. The fourth-order valence-electron chi connectivity index (χ4n) is 3.02. The number of nitrogens with one attached hydrogen (secondary N) is 2. The maximum atomic E-state index is 14.3. The molecule has 2 N–H and O–H groups in total. The van der Waals surface area contributed by atoms with Gasteiger partial charge in [0, 0.05) is 30.4 Å². The van der Waals surface area contributed by atoms with Crippen LogP contribution in [0.15, 0.2) is 18.2 Å². The van der Waals surface area contributed by atoms with Gasteiger partial charge in [-0.25, -0.2) is 4.39 Å². The fraction of sp³-hybridized carbons (Fsp3) is 0.562.